The fourth-order valence-corrected chi connectivity index (χ4v) is 3.27. The minimum Gasteiger partial charge on any atom is -0.379 e. The fraction of sp³-hybridized carbons (Fsp3) is 0.933. The maximum absolute atomic E-state index is 11.8. The summed E-state index contributed by atoms with van der Waals surface area (Å²) in [7, 11) is 0. The lowest BCUT2D eigenvalue weighted by Gasteiger charge is -2.34. The highest BCUT2D eigenvalue weighted by Crippen LogP contribution is 2.19. The van der Waals surface area contributed by atoms with Gasteiger partial charge in [0.1, 0.15) is 5.54 Å². The lowest BCUT2D eigenvalue weighted by molar-refractivity contribution is -0.124. The van der Waals surface area contributed by atoms with Gasteiger partial charge < -0.3 is 15.8 Å². The Hall–Kier alpha value is -0.690. The van der Waals surface area contributed by atoms with Crippen LogP contribution in [-0.2, 0) is 9.53 Å². The third-order valence-corrected chi connectivity index (χ3v) is 4.66. The van der Waals surface area contributed by atoms with Crippen molar-refractivity contribution in [3.63, 3.8) is 0 Å². The Morgan fingerprint density at radius 1 is 1.38 bits per heavy atom. The number of carbonyl (C=O) groups excluding carboxylic acids is 1. The molecule has 0 saturated carbocycles. The minimum absolute atomic E-state index is 0.259. The number of morpholine rings is 1. The molecule has 0 aliphatic carbocycles. The molecule has 122 valence electrons. The molecule has 2 aliphatic heterocycles. The number of nitrogens with zero attached hydrogens (tertiary/aromatic N) is 2. The first kappa shape index (κ1) is 16.7. The van der Waals surface area contributed by atoms with Gasteiger partial charge in [-0.15, -0.1) is 0 Å². The summed E-state index contributed by atoms with van der Waals surface area (Å²) in [6, 6.07) is 0.595. The fourth-order valence-electron chi connectivity index (χ4n) is 3.27. The number of ether oxygens (including phenoxy) is 1. The van der Waals surface area contributed by atoms with Crippen molar-refractivity contribution in [1.82, 2.24) is 15.1 Å². The molecule has 2 rings (SSSR count). The van der Waals surface area contributed by atoms with Crippen molar-refractivity contribution in [1.29, 1.82) is 0 Å². The maximum Gasteiger partial charge on any atom is 0.238 e. The van der Waals surface area contributed by atoms with E-state index in [4.69, 9.17) is 10.5 Å². The smallest absolute Gasteiger partial charge is 0.238 e. The molecule has 2 aliphatic rings. The Labute approximate surface area is 128 Å². The average molecular weight is 298 g/mol. The predicted octanol–water partition coefficient (Wildman–Crippen LogP) is -0.363. The van der Waals surface area contributed by atoms with E-state index in [0.29, 0.717) is 12.6 Å². The van der Waals surface area contributed by atoms with Crippen LogP contribution < -0.4 is 11.1 Å². The monoisotopic (exact) mass is 298 g/mol. The summed E-state index contributed by atoms with van der Waals surface area (Å²) < 4.78 is 5.42. The molecule has 0 bridgehead atoms. The van der Waals surface area contributed by atoms with Gasteiger partial charge in [-0.2, -0.15) is 0 Å². The molecule has 0 aromatic heterocycles. The first-order valence-corrected chi connectivity index (χ1v) is 8.14. The van der Waals surface area contributed by atoms with Crippen LogP contribution in [0.2, 0.25) is 0 Å². The van der Waals surface area contributed by atoms with Crippen LogP contribution in [0.5, 0.6) is 0 Å². The van der Waals surface area contributed by atoms with Crippen molar-refractivity contribution >= 4 is 5.91 Å². The summed E-state index contributed by atoms with van der Waals surface area (Å²) in [5.41, 5.74) is 4.98. The lowest BCUT2D eigenvalue weighted by Crippen LogP contribution is -2.59. The van der Waals surface area contributed by atoms with E-state index in [1.54, 1.807) is 0 Å². The maximum atomic E-state index is 11.8. The zero-order valence-electron chi connectivity index (χ0n) is 13.4. The van der Waals surface area contributed by atoms with E-state index in [2.05, 4.69) is 22.0 Å². The highest BCUT2D eigenvalue weighted by atomic mass is 16.5. The molecule has 2 saturated heterocycles. The third-order valence-electron chi connectivity index (χ3n) is 4.66. The number of hydrogen-bond donors (Lipinski definition) is 2. The summed E-state index contributed by atoms with van der Waals surface area (Å²) >= 11 is 0. The summed E-state index contributed by atoms with van der Waals surface area (Å²) in [5.74, 6) is -0.259. The Bertz CT molecular complexity index is 347. The van der Waals surface area contributed by atoms with Gasteiger partial charge >= 0.3 is 0 Å². The average Bonchev–Trinajstić information content (AvgIpc) is 2.94. The molecule has 2 fully saturated rings. The zero-order chi connectivity index (χ0) is 15.3. The van der Waals surface area contributed by atoms with Gasteiger partial charge in [0, 0.05) is 32.2 Å². The molecule has 21 heavy (non-hydrogen) atoms. The molecule has 1 amide bonds. The van der Waals surface area contributed by atoms with Gasteiger partial charge in [-0.3, -0.25) is 14.6 Å². The Balaban J connectivity index is 1.86. The van der Waals surface area contributed by atoms with Crippen LogP contribution in [0.25, 0.3) is 0 Å². The predicted molar refractivity (Wildman–Crippen MR) is 83.1 cm³/mol. The second kappa shape index (κ2) is 7.54. The first-order chi connectivity index (χ1) is 10.0. The molecule has 2 atom stereocenters. The lowest BCUT2D eigenvalue weighted by atomic mass is 10.0. The van der Waals surface area contributed by atoms with E-state index in [0.717, 1.165) is 52.4 Å². The number of nitrogens with one attached hydrogen (secondary N) is 1. The molecule has 3 N–H and O–H groups in total. The molecule has 6 nitrogen and oxygen atoms in total. The van der Waals surface area contributed by atoms with E-state index in [1.807, 2.05) is 6.92 Å². The summed E-state index contributed by atoms with van der Waals surface area (Å²) in [4.78, 5) is 16.7. The van der Waals surface area contributed by atoms with Crippen molar-refractivity contribution in [2.45, 2.75) is 38.3 Å². The van der Waals surface area contributed by atoms with Crippen molar-refractivity contribution in [2.24, 2.45) is 5.73 Å². The normalized spacial score (nSPS) is 27.6. The highest BCUT2D eigenvalue weighted by Gasteiger charge is 2.36. The highest BCUT2D eigenvalue weighted by molar-refractivity contribution is 5.84. The standard InChI is InChI=1S/C15H30N4O2/c1-3-5-17-15(2,14(16)20)12-18-6-4-13(11-18)19-7-9-21-10-8-19/h13,17H,3-12H2,1-2H3,(H2,16,20). The molecule has 2 unspecified atom stereocenters. The number of amides is 1. The summed E-state index contributed by atoms with van der Waals surface area (Å²) in [6.45, 7) is 11.3. The largest absolute Gasteiger partial charge is 0.379 e. The van der Waals surface area contributed by atoms with Crippen molar-refractivity contribution in [2.75, 3.05) is 52.5 Å². The van der Waals surface area contributed by atoms with Gasteiger partial charge in [0.15, 0.2) is 0 Å². The quantitative estimate of drug-likeness (QED) is 0.671. The topological polar surface area (TPSA) is 70.8 Å². The SMILES string of the molecule is CCCNC(C)(CN1CCC(N2CCOCC2)C1)C(N)=O. The Morgan fingerprint density at radius 3 is 2.71 bits per heavy atom. The van der Waals surface area contributed by atoms with Crippen LogP contribution in [0, 0.1) is 0 Å². The van der Waals surface area contributed by atoms with E-state index in [9.17, 15) is 4.79 Å². The van der Waals surface area contributed by atoms with Crippen molar-refractivity contribution < 1.29 is 9.53 Å². The third kappa shape index (κ3) is 4.39. The van der Waals surface area contributed by atoms with Crippen LogP contribution in [0.3, 0.4) is 0 Å². The minimum atomic E-state index is -0.629. The number of hydrogen-bond acceptors (Lipinski definition) is 5. The molecule has 0 radical (unpaired) electrons. The van der Waals surface area contributed by atoms with Gasteiger partial charge in [0.2, 0.25) is 5.91 Å². The van der Waals surface area contributed by atoms with Crippen LogP contribution in [0.15, 0.2) is 0 Å². The molecule has 2 heterocycles. The second-order valence-electron chi connectivity index (χ2n) is 6.45. The van der Waals surface area contributed by atoms with Crippen molar-refractivity contribution in [3.05, 3.63) is 0 Å². The van der Waals surface area contributed by atoms with Crippen LogP contribution in [0.4, 0.5) is 0 Å². The number of carbonyl (C=O) groups is 1. The van der Waals surface area contributed by atoms with Crippen molar-refractivity contribution in [3.8, 4) is 0 Å². The van der Waals surface area contributed by atoms with Gasteiger partial charge in [-0.05, 0) is 32.9 Å². The summed E-state index contributed by atoms with van der Waals surface area (Å²) in [6.07, 6.45) is 2.17. The molecule has 0 aromatic carbocycles. The molecule has 6 heteroatoms. The first-order valence-electron chi connectivity index (χ1n) is 8.14. The molecular formula is C15H30N4O2. The molecular weight excluding hydrogens is 268 g/mol. The van der Waals surface area contributed by atoms with Crippen LogP contribution in [0.1, 0.15) is 26.7 Å². The number of rotatable bonds is 7. The molecule has 0 spiro atoms. The van der Waals surface area contributed by atoms with E-state index in [1.165, 1.54) is 6.42 Å². The van der Waals surface area contributed by atoms with Gasteiger partial charge in [-0.1, -0.05) is 6.92 Å². The van der Waals surface area contributed by atoms with Gasteiger partial charge in [0.05, 0.1) is 13.2 Å². The number of nitrogens with two attached hydrogens (primary N) is 1. The van der Waals surface area contributed by atoms with Gasteiger partial charge in [-0.25, -0.2) is 0 Å². The zero-order valence-corrected chi connectivity index (χ0v) is 13.4. The Morgan fingerprint density at radius 2 is 2.10 bits per heavy atom. The Kier molecular flexibility index (Phi) is 5.98. The number of primary amides is 1. The molecule has 0 aromatic rings. The second-order valence-corrected chi connectivity index (χ2v) is 6.45. The van der Waals surface area contributed by atoms with Crippen LogP contribution >= 0.6 is 0 Å². The van der Waals surface area contributed by atoms with E-state index in [-0.39, 0.29) is 5.91 Å². The van der Waals surface area contributed by atoms with E-state index >= 15 is 0 Å². The van der Waals surface area contributed by atoms with E-state index < -0.39 is 5.54 Å². The van der Waals surface area contributed by atoms with Gasteiger partial charge in [0.25, 0.3) is 0 Å². The number of likely N-dealkylation sites (tertiary alicyclic amines) is 1. The summed E-state index contributed by atoms with van der Waals surface area (Å²) in [5, 5.41) is 3.32. The van der Waals surface area contributed by atoms with Crippen LogP contribution in [-0.4, -0.2) is 79.8 Å².